The van der Waals surface area contributed by atoms with Gasteiger partial charge in [-0.3, -0.25) is 24.0 Å². The van der Waals surface area contributed by atoms with Crippen molar-refractivity contribution in [2.45, 2.75) is 161 Å². The maximum absolute atomic E-state index is 12.3. The van der Waals surface area contributed by atoms with Crippen molar-refractivity contribution in [1.29, 1.82) is 0 Å². The molecule has 6 N–H and O–H groups in total. The number of hydrogen-bond donors (Lipinski definition) is 6. The van der Waals surface area contributed by atoms with Crippen LogP contribution in [0, 0.1) is 71.5 Å². The zero-order chi connectivity index (χ0) is 83.2. The molecular formula is C80H86F3N5Na5O20S5+. The molecule has 5 saturated heterocycles. The number of carbonyl (C=O) groups excluding carboxylic acids is 9. The third kappa shape index (κ3) is 21.0. The molecule has 10 aliphatic heterocycles. The van der Waals surface area contributed by atoms with Gasteiger partial charge in [-0.1, -0.05) is 137 Å². The number of halogens is 3. The van der Waals surface area contributed by atoms with Crippen molar-refractivity contribution < 1.29 is 260 Å². The van der Waals surface area contributed by atoms with Crippen LogP contribution < -0.4 is 168 Å². The van der Waals surface area contributed by atoms with Crippen molar-refractivity contribution in [3.05, 3.63) is 166 Å². The van der Waals surface area contributed by atoms with E-state index in [0.717, 1.165) is 39.5 Å². The molecule has 0 radical (unpaired) electrons. The van der Waals surface area contributed by atoms with Crippen LogP contribution >= 0.6 is 58.8 Å². The summed E-state index contributed by atoms with van der Waals surface area (Å²) < 4.78 is 37.0. The molecule has 25 nitrogen and oxygen atoms in total. The molecule has 0 spiro atoms. The minimum atomic E-state index is -4.45. The van der Waals surface area contributed by atoms with Crippen LogP contribution in [0.5, 0.6) is 0 Å². The molecule has 11 aliphatic rings. The fourth-order valence-corrected chi connectivity index (χ4v) is 23.0. The second-order valence-corrected chi connectivity index (χ2v) is 34.8. The third-order valence-corrected chi connectivity index (χ3v) is 28.8. The minimum absolute atomic E-state index is 0. The number of carbonyl (C=O) groups is 10. The first-order chi connectivity index (χ1) is 53.2. The van der Waals surface area contributed by atoms with Crippen molar-refractivity contribution in [3.8, 4) is 12.3 Å². The Balaban J connectivity index is 0.000000261. The average Bonchev–Trinajstić information content (AvgIpc) is 1.57. The molecule has 3 aromatic carbocycles. The van der Waals surface area contributed by atoms with Gasteiger partial charge in [0, 0.05) is 82.7 Å². The number of thioether (sulfide) groups is 5. The zero-order valence-electron chi connectivity index (χ0n) is 68.0. The first-order valence-electron chi connectivity index (χ1n) is 36.7. The maximum Gasteiger partial charge on any atom is 1.00 e. The summed E-state index contributed by atoms with van der Waals surface area (Å²) in [7, 11) is 0. The molecule has 1 aliphatic carbocycles. The van der Waals surface area contributed by atoms with Gasteiger partial charge in [-0.2, -0.15) is 13.2 Å². The van der Waals surface area contributed by atoms with Crippen molar-refractivity contribution in [3.63, 3.8) is 0 Å². The van der Waals surface area contributed by atoms with E-state index in [2.05, 4.69) is 18.1 Å². The van der Waals surface area contributed by atoms with E-state index in [4.69, 9.17) is 6.42 Å². The summed E-state index contributed by atoms with van der Waals surface area (Å²) in [4.78, 5) is 128. The number of allylic oxidation sites excluding steroid dienone is 1. The number of aryl methyl sites for hydroxylation is 1. The maximum atomic E-state index is 12.3. The third-order valence-electron chi connectivity index (χ3n) is 22.2. The van der Waals surface area contributed by atoms with Gasteiger partial charge < -0.3 is 94.7 Å². The molecule has 38 heteroatoms. The summed E-state index contributed by atoms with van der Waals surface area (Å²) in [6, 6.07) is 26.0. The predicted molar refractivity (Wildman–Crippen MR) is 408 cm³/mol. The van der Waals surface area contributed by atoms with Crippen LogP contribution in [0.4, 0.5) is 13.2 Å². The number of terminal acetylenes is 1. The van der Waals surface area contributed by atoms with Crippen LogP contribution in [-0.4, -0.2) is 199 Å². The van der Waals surface area contributed by atoms with Crippen molar-refractivity contribution >= 4 is 123 Å². The number of rotatable bonds is 24. The Bertz CT molecular complexity index is 4570. The predicted octanol–water partition coefficient (Wildman–Crippen LogP) is -11.3. The minimum Gasteiger partial charge on any atom is -0.543 e. The number of aliphatic hydroxyl groups is 5. The molecule has 0 aromatic heterocycles. The number of carboxylic acids is 5. The Morgan fingerprint density at radius 3 is 1.11 bits per heavy atom. The number of nitrogens with zero attached hydrogens (tertiary/aromatic N) is 5. The van der Waals surface area contributed by atoms with Gasteiger partial charge in [0.15, 0.2) is 0 Å². The van der Waals surface area contributed by atoms with Gasteiger partial charge in [0.2, 0.25) is 29.5 Å². The number of aliphatic carboxylic acids is 5. The number of fused-ring (bicyclic) bond motifs is 6. The monoisotopic (exact) mass is 1770 g/mol. The van der Waals surface area contributed by atoms with Crippen molar-refractivity contribution in [2.75, 3.05) is 17.3 Å². The molecule has 0 bridgehead atoms. The number of aliphatic hydroxyl groups excluding tert-OH is 5. The summed E-state index contributed by atoms with van der Waals surface area (Å²) >= 11 is 6.06. The molecule has 3 aromatic rings. The van der Waals surface area contributed by atoms with E-state index in [-0.39, 0.29) is 247 Å². The van der Waals surface area contributed by atoms with E-state index >= 15 is 0 Å². The van der Waals surface area contributed by atoms with Crippen molar-refractivity contribution in [2.24, 2.45) is 59.2 Å². The van der Waals surface area contributed by atoms with Crippen LogP contribution in [0.25, 0.3) is 4.91 Å². The number of benzene rings is 3. The largest absolute Gasteiger partial charge is 1.00 e. The number of carboxylic acid groups (broad SMARTS) is 5. The number of amides is 5. The van der Waals surface area contributed by atoms with E-state index in [0.29, 0.717) is 49.3 Å². The van der Waals surface area contributed by atoms with E-state index in [9.17, 15) is 112 Å². The molecule has 118 heavy (non-hydrogen) atoms. The second kappa shape index (κ2) is 44.2. The number of β-lactam (4-membered cyclic amide) rings is 5. The quantitative estimate of drug-likeness (QED) is 0.0210. The standard InChI is InChI=1S/C19H19NO4S.C18H21NO4S.C17H19NO4S.C14H17NO4S.C12H14F3NO4S.5Na/c1-9-15-14(10(2)21)18(22)20(15)16(19(23)24)17(9)25-13-8-7-11-5-3-4-6-12(11)13;1-10-14-13(11(2)20)17(21)19(14)15(18(22)23)16(10)24-9-8-12-6-4-3-5-7-12;1-9-13-12(10(2)19)16(20)18(13)14(17(21)22)15(9)23-8-11-6-4-3-5-7-11;1-4-5-6-20-12-7(2)10-9(8(3)16)13(17)15(10)11(12)14(18)19;1-4-7-6(5(2)17)10(18)16(7)8(11(19)20)9(4)21-3-12(13,14)15;;;;;/h3-6,8-10,14-15,21H,7H2,1-2H3,(H,23,24);3-7,10-11,13-14,20H,8-9H2,1-2H3,(H,22,23);3-7,9-10,12-13,19H,8H2,1-2H3,(H,21,22);1,7-10,16H,5-6H2,2-3H3,(H,18,19);4-7,17H,3H2,1-2H3,(H,19,20);;;;;/q;;;;;5*+1/p-4/t9-,10-,14-,15-;10-,11-,13-,14-;9-,10-,12-,13-;7-,8-,9-,10-;4-,5-,6-,7-;;;;;/m11111...../s1. The zero-order valence-corrected chi connectivity index (χ0v) is 82.1. The molecule has 0 saturated carbocycles. The first kappa shape index (κ1) is 105. The fourth-order valence-electron chi connectivity index (χ4n) is 17.0. The Morgan fingerprint density at radius 1 is 0.458 bits per heavy atom. The van der Waals surface area contributed by atoms with Gasteiger partial charge >= 0.3 is 160 Å². The molecule has 14 rings (SSSR count). The Kier molecular flexibility index (Phi) is 39.4. The SMILES string of the molecule is C#CCCSC1=C(C(=O)O)N2C(=O)[C@H]([C@@H](C)O)[C@H]2[C@H]1C.C[C@@H](O)[C@H]1C(=O)N2C(C(=O)[O-])=C(SC3=CCc4ccccc43)[C@H](C)[C@H]12.C[C@@H](O)[C@H]1C(=O)N2C(C(=O)[O-])=C(SCC(F)(F)F)[C@H](C)[C@H]12.C[C@@H](O)[C@H]1C(=O)N2C(C(=O)[O-])=C(SCCc3ccccc3)[C@H](C)[C@H]12.C[C@@H](O)[C@H]1C(=O)N2C(C(=O)[O-])=C(SCc3ccccc3)[C@H](C)[C@H]12.[Na+].[Na+].[Na+].[Na+].[Na+]. The first-order valence-corrected chi connectivity index (χ1v) is 41.4. The van der Waals surface area contributed by atoms with Gasteiger partial charge in [0.1, 0.15) is 5.70 Å². The summed E-state index contributed by atoms with van der Waals surface area (Å²) in [6.07, 6.45) is 0.916. The van der Waals surface area contributed by atoms with Gasteiger partial charge in [0.05, 0.1) is 143 Å². The topological polar surface area (TPSA) is 401 Å². The van der Waals surface area contributed by atoms with E-state index < -0.39 is 125 Å². The van der Waals surface area contributed by atoms with E-state index in [1.807, 2.05) is 107 Å². The van der Waals surface area contributed by atoms with Crippen LogP contribution in [0.1, 0.15) is 97.9 Å². The van der Waals surface area contributed by atoms with Gasteiger partial charge in [-0.15, -0.1) is 59.4 Å². The summed E-state index contributed by atoms with van der Waals surface area (Å²) in [6.45, 7) is 16.9. The average molecular weight is 1770 g/mol. The van der Waals surface area contributed by atoms with Crippen LogP contribution in [0.3, 0.4) is 0 Å². The van der Waals surface area contributed by atoms with E-state index in [1.165, 1.54) is 84.7 Å². The van der Waals surface area contributed by atoms with Gasteiger partial charge in [0.25, 0.3) is 0 Å². The molecule has 20 atom stereocenters. The molecular weight excluding hydrogens is 1680 g/mol. The number of hydrogen-bond acceptors (Lipinski definition) is 24. The Labute approximate surface area is 814 Å². The van der Waals surface area contributed by atoms with Crippen LogP contribution in [-0.2, 0) is 66.5 Å². The molecule has 0 unspecified atom stereocenters. The molecule has 606 valence electrons. The fraction of sp³-hybridized carbons (Fsp3) is 0.475. The molecule has 10 heterocycles. The van der Waals surface area contributed by atoms with Gasteiger partial charge in [-0.25, -0.2) is 4.79 Å². The summed E-state index contributed by atoms with van der Waals surface area (Å²) in [5.74, 6) is -9.30. The smallest absolute Gasteiger partial charge is 0.543 e. The van der Waals surface area contributed by atoms with E-state index in [1.54, 1.807) is 34.6 Å². The summed E-state index contributed by atoms with van der Waals surface area (Å²) in [5, 5.41) is 104. The Hall–Kier alpha value is -3.30. The van der Waals surface area contributed by atoms with Gasteiger partial charge in [-0.05, 0) is 69.7 Å². The van der Waals surface area contributed by atoms with Crippen LogP contribution in [0.2, 0.25) is 0 Å². The molecule has 5 fully saturated rings. The normalized spacial score (nSPS) is 27.4. The second-order valence-electron chi connectivity index (χ2n) is 29.4. The summed E-state index contributed by atoms with van der Waals surface area (Å²) in [5.41, 5.74) is 4.10. The van der Waals surface area contributed by atoms with Crippen molar-refractivity contribution in [1.82, 2.24) is 24.5 Å². The van der Waals surface area contributed by atoms with Crippen LogP contribution in [0.15, 0.2) is 144 Å². The molecule has 5 amide bonds. The number of alkyl halides is 3. The Morgan fingerprint density at radius 2 is 0.763 bits per heavy atom.